The summed E-state index contributed by atoms with van der Waals surface area (Å²) >= 11 is 1.25. The van der Waals surface area contributed by atoms with E-state index in [1.165, 1.54) is 17.4 Å². The van der Waals surface area contributed by atoms with Crippen molar-refractivity contribution in [3.63, 3.8) is 0 Å². The van der Waals surface area contributed by atoms with Crippen LogP contribution in [0.15, 0.2) is 22.0 Å². The van der Waals surface area contributed by atoms with Gasteiger partial charge in [0.15, 0.2) is 5.82 Å². The Bertz CT molecular complexity index is 675. The second kappa shape index (κ2) is 6.80. The summed E-state index contributed by atoms with van der Waals surface area (Å²) in [6.45, 7) is 2.08. The molecule has 110 valence electrons. The molecule has 0 aliphatic carbocycles. The topological polar surface area (TPSA) is 105 Å². The van der Waals surface area contributed by atoms with E-state index in [9.17, 15) is 9.59 Å². The van der Waals surface area contributed by atoms with Gasteiger partial charge in [-0.1, -0.05) is 5.16 Å². The summed E-state index contributed by atoms with van der Waals surface area (Å²) in [6, 6.07) is 1.69. The number of aryl methyl sites for hydroxylation is 1. The van der Waals surface area contributed by atoms with E-state index >= 15 is 0 Å². The summed E-state index contributed by atoms with van der Waals surface area (Å²) < 4.78 is 4.94. The second-order valence-electron chi connectivity index (χ2n) is 4.12. The Labute approximate surface area is 124 Å². The van der Waals surface area contributed by atoms with Crippen molar-refractivity contribution in [1.29, 1.82) is 0 Å². The lowest BCUT2D eigenvalue weighted by molar-refractivity contribution is -0.131. The normalized spacial score (nSPS) is 10.9. The molecule has 2 N–H and O–H groups in total. The fourth-order valence-corrected chi connectivity index (χ4v) is 2.40. The summed E-state index contributed by atoms with van der Waals surface area (Å²) in [5, 5.41) is 16.7. The Morgan fingerprint density at radius 3 is 3.00 bits per heavy atom. The van der Waals surface area contributed by atoms with Crippen LogP contribution < -0.4 is 5.32 Å². The van der Waals surface area contributed by atoms with Gasteiger partial charge in [0.2, 0.25) is 5.89 Å². The zero-order valence-electron chi connectivity index (χ0n) is 11.2. The lowest BCUT2D eigenvalue weighted by atomic mass is 10.2. The van der Waals surface area contributed by atoms with Crippen LogP contribution in [0.3, 0.4) is 0 Å². The summed E-state index contributed by atoms with van der Waals surface area (Å²) in [5.74, 6) is -0.300. The molecule has 1 amide bonds. The zero-order valence-corrected chi connectivity index (χ0v) is 12.0. The van der Waals surface area contributed by atoms with Crippen molar-refractivity contribution >= 4 is 29.3 Å². The van der Waals surface area contributed by atoms with Gasteiger partial charge in [-0.05, 0) is 30.0 Å². The number of thiophene rings is 1. The van der Waals surface area contributed by atoms with Gasteiger partial charge in [0.1, 0.15) is 0 Å². The Kier molecular flexibility index (Phi) is 4.83. The molecule has 2 heterocycles. The lowest BCUT2D eigenvalue weighted by Gasteiger charge is -2.02. The van der Waals surface area contributed by atoms with Gasteiger partial charge in [-0.25, -0.2) is 4.79 Å². The number of amides is 1. The molecule has 0 saturated carbocycles. The summed E-state index contributed by atoms with van der Waals surface area (Å²) in [5.41, 5.74) is 0.577. The molecule has 0 saturated heterocycles. The monoisotopic (exact) mass is 307 g/mol. The van der Waals surface area contributed by atoms with E-state index in [0.717, 1.165) is 6.08 Å². The molecule has 2 rings (SSSR count). The summed E-state index contributed by atoms with van der Waals surface area (Å²) in [7, 11) is 0. The number of carbonyl (C=O) groups is 2. The van der Waals surface area contributed by atoms with Gasteiger partial charge in [-0.15, -0.1) is 11.3 Å². The number of carboxylic acids is 1. The maximum absolute atomic E-state index is 12.0. The molecule has 0 radical (unpaired) electrons. The average Bonchev–Trinajstić information content (AvgIpc) is 3.05. The minimum absolute atomic E-state index is 0.258. The third kappa shape index (κ3) is 4.25. The van der Waals surface area contributed by atoms with E-state index in [4.69, 9.17) is 9.63 Å². The van der Waals surface area contributed by atoms with E-state index in [1.54, 1.807) is 18.4 Å². The highest BCUT2D eigenvalue weighted by Gasteiger charge is 2.12. The van der Waals surface area contributed by atoms with Crippen LogP contribution in [-0.4, -0.2) is 33.7 Å². The van der Waals surface area contributed by atoms with E-state index in [0.29, 0.717) is 35.1 Å². The third-order valence-electron chi connectivity index (χ3n) is 2.50. The Morgan fingerprint density at radius 2 is 2.33 bits per heavy atom. The van der Waals surface area contributed by atoms with Crippen LogP contribution in [0, 0.1) is 6.92 Å². The van der Waals surface area contributed by atoms with Gasteiger partial charge >= 0.3 is 5.97 Å². The molecule has 0 unspecified atom stereocenters. The number of hydrogen-bond acceptors (Lipinski definition) is 6. The standard InChI is InChI=1S/C13H13N3O4S/c1-8-15-10(20-16-8)4-6-14-13(19)12-9(5-7-21-12)2-3-11(17)18/h2-3,5,7H,4,6H2,1H3,(H,14,19)(H,17,18)/b3-2+. The summed E-state index contributed by atoms with van der Waals surface area (Å²) in [4.78, 5) is 27.0. The van der Waals surface area contributed by atoms with Crippen LogP contribution in [-0.2, 0) is 11.2 Å². The van der Waals surface area contributed by atoms with Crippen LogP contribution >= 0.6 is 11.3 Å². The van der Waals surface area contributed by atoms with Crippen molar-refractivity contribution in [1.82, 2.24) is 15.5 Å². The third-order valence-corrected chi connectivity index (χ3v) is 3.43. The molecule has 0 aliphatic heterocycles. The van der Waals surface area contributed by atoms with Crippen LogP contribution in [0.4, 0.5) is 0 Å². The molecule has 7 nitrogen and oxygen atoms in total. The van der Waals surface area contributed by atoms with Gasteiger partial charge < -0.3 is 14.9 Å². The molecule has 0 aliphatic rings. The molecular formula is C13H13N3O4S. The largest absolute Gasteiger partial charge is 0.478 e. The van der Waals surface area contributed by atoms with Crippen molar-refractivity contribution in [2.24, 2.45) is 0 Å². The smallest absolute Gasteiger partial charge is 0.328 e. The van der Waals surface area contributed by atoms with Crippen molar-refractivity contribution < 1.29 is 19.2 Å². The number of hydrogen-bond donors (Lipinski definition) is 2. The number of aromatic nitrogens is 2. The Balaban J connectivity index is 1.91. The maximum Gasteiger partial charge on any atom is 0.328 e. The van der Waals surface area contributed by atoms with E-state index < -0.39 is 5.97 Å². The number of carboxylic acid groups (broad SMARTS) is 1. The van der Waals surface area contributed by atoms with Gasteiger partial charge in [0, 0.05) is 19.0 Å². The van der Waals surface area contributed by atoms with Crippen molar-refractivity contribution in [2.45, 2.75) is 13.3 Å². The van der Waals surface area contributed by atoms with Crippen LogP contribution in [0.2, 0.25) is 0 Å². The van der Waals surface area contributed by atoms with Gasteiger partial charge in [-0.2, -0.15) is 4.98 Å². The predicted octanol–water partition coefficient (Wildman–Crippen LogP) is 1.51. The molecule has 0 fully saturated rings. The number of rotatable bonds is 6. The fourth-order valence-electron chi connectivity index (χ4n) is 1.60. The number of nitrogens with zero attached hydrogens (tertiary/aromatic N) is 2. The minimum Gasteiger partial charge on any atom is -0.478 e. The second-order valence-corrected chi connectivity index (χ2v) is 5.03. The zero-order chi connectivity index (χ0) is 15.2. The van der Waals surface area contributed by atoms with Gasteiger partial charge in [-0.3, -0.25) is 4.79 Å². The predicted molar refractivity (Wildman–Crippen MR) is 76.1 cm³/mol. The lowest BCUT2D eigenvalue weighted by Crippen LogP contribution is -2.25. The Hall–Kier alpha value is -2.48. The molecule has 0 bridgehead atoms. The minimum atomic E-state index is -1.06. The highest BCUT2D eigenvalue weighted by atomic mass is 32.1. The molecule has 0 aromatic carbocycles. The van der Waals surface area contributed by atoms with Crippen LogP contribution in [0.5, 0.6) is 0 Å². The van der Waals surface area contributed by atoms with Gasteiger partial charge in [0.25, 0.3) is 5.91 Å². The highest BCUT2D eigenvalue weighted by molar-refractivity contribution is 7.12. The first-order valence-corrected chi connectivity index (χ1v) is 7.00. The molecule has 0 atom stereocenters. The fraction of sp³-hybridized carbons (Fsp3) is 0.231. The van der Waals surface area contributed by atoms with E-state index in [2.05, 4.69) is 15.5 Å². The molecule has 21 heavy (non-hydrogen) atoms. The quantitative estimate of drug-likeness (QED) is 0.784. The van der Waals surface area contributed by atoms with Crippen molar-refractivity contribution in [3.8, 4) is 0 Å². The first-order chi connectivity index (χ1) is 10.1. The Morgan fingerprint density at radius 1 is 1.52 bits per heavy atom. The highest BCUT2D eigenvalue weighted by Crippen LogP contribution is 2.18. The molecule has 2 aromatic heterocycles. The van der Waals surface area contributed by atoms with Crippen molar-refractivity contribution in [3.05, 3.63) is 39.7 Å². The molecule has 2 aromatic rings. The molecule has 0 spiro atoms. The van der Waals surface area contributed by atoms with Crippen LogP contribution in [0.1, 0.15) is 27.0 Å². The van der Waals surface area contributed by atoms with E-state index in [1.807, 2.05) is 0 Å². The summed E-state index contributed by atoms with van der Waals surface area (Å²) in [6.07, 6.45) is 2.84. The van der Waals surface area contributed by atoms with E-state index in [-0.39, 0.29) is 5.91 Å². The number of nitrogens with one attached hydrogen (secondary N) is 1. The average molecular weight is 307 g/mol. The number of carbonyl (C=O) groups excluding carboxylic acids is 1. The first-order valence-electron chi connectivity index (χ1n) is 6.12. The van der Waals surface area contributed by atoms with Crippen LogP contribution in [0.25, 0.3) is 6.08 Å². The number of aliphatic carboxylic acids is 1. The first kappa shape index (κ1) is 14.9. The molecular weight excluding hydrogens is 294 g/mol. The van der Waals surface area contributed by atoms with Gasteiger partial charge in [0.05, 0.1) is 4.88 Å². The van der Waals surface area contributed by atoms with Crippen molar-refractivity contribution in [2.75, 3.05) is 6.54 Å². The molecule has 8 heteroatoms. The maximum atomic E-state index is 12.0. The SMILES string of the molecule is Cc1noc(CCNC(=O)c2sccc2/C=C/C(=O)O)n1.